The molecule has 3 heteroatoms. The van der Waals surface area contributed by atoms with Crippen molar-refractivity contribution in [3.63, 3.8) is 0 Å². The molecule has 0 spiro atoms. The maximum atomic E-state index is 5.78. The number of nitrogens with two attached hydrogens (primary N) is 1. The lowest BCUT2D eigenvalue weighted by atomic mass is 10.2. The molecule has 1 saturated heterocycles. The number of benzene rings is 1. The van der Waals surface area contributed by atoms with Crippen LogP contribution in [0.5, 0.6) is 5.75 Å². The Kier molecular flexibility index (Phi) is 5.26. The van der Waals surface area contributed by atoms with Gasteiger partial charge in [-0.3, -0.25) is 4.90 Å². The van der Waals surface area contributed by atoms with Gasteiger partial charge in [-0.25, -0.2) is 0 Å². The van der Waals surface area contributed by atoms with Gasteiger partial charge < -0.3 is 10.5 Å². The van der Waals surface area contributed by atoms with Crippen LogP contribution in [0.2, 0.25) is 0 Å². The summed E-state index contributed by atoms with van der Waals surface area (Å²) < 4.78 is 5.78. The second kappa shape index (κ2) is 7.18. The van der Waals surface area contributed by atoms with Crippen molar-refractivity contribution in [1.82, 2.24) is 4.90 Å². The molecule has 1 aliphatic rings. The largest absolute Gasteiger partial charge is 0.492 e. The Labute approximate surface area is 115 Å². The quantitative estimate of drug-likeness (QED) is 0.836. The summed E-state index contributed by atoms with van der Waals surface area (Å²) in [5.74, 6) is 7.58. The van der Waals surface area contributed by atoms with Gasteiger partial charge in [-0.1, -0.05) is 24.8 Å². The molecule has 1 aliphatic heterocycles. The van der Waals surface area contributed by atoms with E-state index in [1.807, 2.05) is 24.3 Å². The Bertz CT molecular complexity index is 461. The maximum absolute atomic E-state index is 5.78. The van der Waals surface area contributed by atoms with Crippen LogP contribution in [0, 0.1) is 17.8 Å². The van der Waals surface area contributed by atoms with E-state index in [1.165, 1.54) is 19.5 Å². The van der Waals surface area contributed by atoms with Crippen molar-refractivity contribution in [2.24, 2.45) is 11.7 Å². The lowest BCUT2D eigenvalue weighted by Crippen LogP contribution is -2.25. The second-order valence-electron chi connectivity index (χ2n) is 5.08. The zero-order chi connectivity index (χ0) is 13.5. The molecule has 3 nitrogen and oxygen atoms in total. The molecule has 0 aromatic heterocycles. The molecule has 102 valence electrons. The maximum Gasteiger partial charge on any atom is 0.120 e. The summed E-state index contributed by atoms with van der Waals surface area (Å²) in [6, 6.07) is 7.88. The van der Waals surface area contributed by atoms with Crippen molar-refractivity contribution in [2.75, 3.05) is 32.8 Å². The molecule has 0 aliphatic carbocycles. The van der Waals surface area contributed by atoms with Gasteiger partial charge in [0.25, 0.3) is 0 Å². The Morgan fingerprint density at radius 1 is 1.47 bits per heavy atom. The lowest BCUT2D eigenvalue weighted by Gasteiger charge is -2.15. The number of nitrogens with zero attached hydrogens (tertiary/aromatic N) is 1. The van der Waals surface area contributed by atoms with Crippen molar-refractivity contribution in [2.45, 2.75) is 13.3 Å². The van der Waals surface area contributed by atoms with Gasteiger partial charge in [0, 0.05) is 18.7 Å². The van der Waals surface area contributed by atoms with E-state index in [0.29, 0.717) is 6.54 Å². The highest BCUT2D eigenvalue weighted by Gasteiger charge is 2.17. The number of hydrogen-bond acceptors (Lipinski definition) is 3. The number of ether oxygens (including phenoxy) is 1. The van der Waals surface area contributed by atoms with Crippen LogP contribution in [-0.2, 0) is 0 Å². The van der Waals surface area contributed by atoms with Gasteiger partial charge in [-0.2, -0.15) is 0 Å². The van der Waals surface area contributed by atoms with Crippen LogP contribution in [-0.4, -0.2) is 37.7 Å². The fraction of sp³-hybridized carbons (Fsp3) is 0.500. The van der Waals surface area contributed by atoms with Crippen molar-refractivity contribution in [3.05, 3.63) is 29.8 Å². The zero-order valence-electron chi connectivity index (χ0n) is 11.6. The Balaban J connectivity index is 1.79. The standard InChI is InChI=1S/C16H22N2O/c1-14-7-9-18(13-14)10-11-19-16-6-2-4-15(12-16)5-3-8-17/h2,4,6,12,14H,7-11,13,17H2,1H3. The summed E-state index contributed by atoms with van der Waals surface area (Å²) in [7, 11) is 0. The molecule has 1 fully saturated rings. The first-order valence-corrected chi connectivity index (χ1v) is 6.92. The van der Waals surface area contributed by atoms with Gasteiger partial charge >= 0.3 is 0 Å². The van der Waals surface area contributed by atoms with Crippen molar-refractivity contribution in [3.8, 4) is 17.6 Å². The van der Waals surface area contributed by atoms with Gasteiger partial charge in [0.05, 0.1) is 6.54 Å². The predicted octanol–water partition coefficient (Wildman–Crippen LogP) is 1.72. The van der Waals surface area contributed by atoms with E-state index in [0.717, 1.165) is 30.4 Å². The van der Waals surface area contributed by atoms with E-state index in [-0.39, 0.29) is 0 Å². The van der Waals surface area contributed by atoms with Gasteiger partial charge in [0.1, 0.15) is 12.4 Å². The molecule has 1 heterocycles. The minimum Gasteiger partial charge on any atom is -0.492 e. The molecular formula is C16H22N2O. The topological polar surface area (TPSA) is 38.5 Å². The molecule has 2 rings (SSSR count). The Hall–Kier alpha value is -1.50. The van der Waals surface area contributed by atoms with Crippen LogP contribution < -0.4 is 10.5 Å². The molecule has 19 heavy (non-hydrogen) atoms. The summed E-state index contributed by atoms with van der Waals surface area (Å²) in [6.45, 7) is 6.83. The van der Waals surface area contributed by atoms with Gasteiger partial charge in [-0.05, 0) is 37.1 Å². The molecule has 0 radical (unpaired) electrons. The third-order valence-corrected chi connectivity index (χ3v) is 3.35. The Morgan fingerprint density at radius 2 is 2.37 bits per heavy atom. The van der Waals surface area contributed by atoms with E-state index in [9.17, 15) is 0 Å². The van der Waals surface area contributed by atoms with E-state index in [1.54, 1.807) is 0 Å². The highest BCUT2D eigenvalue weighted by Crippen LogP contribution is 2.15. The van der Waals surface area contributed by atoms with Crippen LogP contribution in [0.4, 0.5) is 0 Å². The second-order valence-corrected chi connectivity index (χ2v) is 5.08. The summed E-state index contributed by atoms with van der Waals surface area (Å²) in [6.07, 6.45) is 1.31. The van der Waals surface area contributed by atoms with Crippen molar-refractivity contribution in [1.29, 1.82) is 0 Å². The van der Waals surface area contributed by atoms with Gasteiger partial charge in [0.15, 0.2) is 0 Å². The van der Waals surface area contributed by atoms with Crippen LogP contribution in [0.1, 0.15) is 18.9 Å². The average Bonchev–Trinajstić information content (AvgIpc) is 2.83. The highest BCUT2D eigenvalue weighted by atomic mass is 16.5. The molecule has 1 atom stereocenters. The van der Waals surface area contributed by atoms with E-state index >= 15 is 0 Å². The summed E-state index contributed by atoms with van der Waals surface area (Å²) >= 11 is 0. The fourth-order valence-corrected chi connectivity index (χ4v) is 2.34. The molecule has 0 saturated carbocycles. The summed E-state index contributed by atoms with van der Waals surface area (Å²) in [4.78, 5) is 2.46. The molecular weight excluding hydrogens is 236 g/mol. The van der Waals surface area contributed by atoms with E-state index in [2.05, 4.69) is 23.7 Å². The first-order chi connectivity index (χ1) is 9.28. The third-order valence-electron chi connectivity index (χ3n) is 3.35. The van der Waals surface area contributed by atoms with Gasteiger partial charge in [0.2, 0.25) is 0 Å². The molecule has 2 N–H and O–H groups in total. The van der Waals surface area contributed by atoms with Crippen LogP contribution in [0.25, 0.3) is 0 Å². The van der Waals surface area contributed by atoms with Gasteiger partial charge in [-0.15, -0.1) is 0 Å². The summed E-state index contributed by atoms with van der Waals surface area (Å²) in [5.41, 5.74) is 6.32. The van der Waals surface area contributed by atoms with E-state index < -0.39 is 0 Å². The lowest BCUT2D eigenvalue weighted by molar-refractivity contribution is 0.234. The van der Waals surface area contributed by atoms with Crippen LogP contribution in [0.15, 0.2) is 24.3 Å². The molecule has 1 aromatic carbocycles. The number of rotatable bonds is 4. The SMILES string of the molecule is CC1CCN(CCOc2cccc(C#CCN)c2)C1. The third kappa shape index (κ3) is 4.59. The fourth-order valence-electron chi connectivity index (χ4n) is 2.34. The normalized spacial score (nSPS) is 18.9. The zero-order valence-corrected chi connectivity index (χ0v) is 11.6. The monoisotopic (exact) mass is 258 g/mol. The number of likely N-dealkylation sites (tertiary alicyclic amines) is 1. The number of hydrogen-bond donors (Lipinski definition) is 1. The van der Waals surface area contributed by atoms with E-state index in [4.69, 9.17) is 10.5 Å². The summed E-state index contributed by atoms with van der Waals surface area (Å²) in [5, 5.41) is 0. The smallest absolute Gasteiger partial charge is 0.120 e. The molecule has 0 bridgehead atoms. The minimum atomic E-state index is 0.387. The Morgan fingerprint density at radius 3 is 3.11 bits per heavy atom. The van der Waals surface area contributed by atoms with Crippen molar-refractivity contribution >= 4 is 0 Å². The first-order valence-electron chi connectivity index (χ1n) is 6.92. The minimum absolute atomic E-state index is 0.387. The van der Waals surface area contributed by atoms with Crippen LogP contribution in [0.3, 0.4) is 0 Å². The molecule has 1 unspecified atom stereocenters. The average molecular weight is 258 g/mol. The molecule has 0 amide bonds. The molecule has 1 aromatic rings. The highest BCUT2D eigenvalue weighted by molar-refractivity contribution is 5.39. The van der Waals surface area contributed by atoms with Crippen LogP contribution >= 0.6 is 0 Å². The van der Waals surface area contributed by atoms with Crippen molar-refractivity contribution < 1.29 is 4.74 Å². The first kappa shape index (κ1) is 13.9. The predicted molar refractivity (Wildman–Crippen MR) is 78.1 cm³/mol.